The van der Waals surface area contributed by atoms with Gasteiger partial charge in [0.05, 0.1) is 0 Å². The zero-order chi connectivity index (χ0) is 31.9. The van der Waals surface area contributed by atoms with Gasteiger partial charge in [-0.3, -0.25) is 0 Å². The zero-order valence-corrected chi connectivity index (χ0v) is 26.1. The van der Waals surface area contributed by atoms with Crippen LogP contribution >= 0.6 is 0 Å². The Morgan fingerprint density at radius 1 is 0.396 bits per heavy atom. The molecule has 0 N–H and O–H groups in total. The Hall–Kier alpha value is -6.33. The van der Waals surface area contributed by atoms with Gasteiger partial charge in [-0.1, -0.05) is 146 Å². The Labute approximate surface area is 280 Å². The quantitative estimate of drug-likeness (QED) is 0.182. The summed E-state index contributed by atoms with van der Waals surface area (Å²) in [7, 11) is 0. The van der Waals surface area contributed by atoms with Crippen LogP contribution in [0.15, 0.2) is 176 Å². The van der Waals surface area contributed by atoms with Gasteiger partial charge in [-0.2, -0.15) is 0 Å². The number of anilines is 1. The van der Waals surface area contributed by atoms with Crippen LogP contribution in [-0.2, 0) is 0 Å². The normalized spacial score (nSPS) is 12.8. The molecule has 0 saturated carbocycles. The van der Waals surface area contributed by atoms with E-state index in [1.165, 1.54) is 39.0 Å². The highest BCUT2D eigenvalue weighted by molar-refractivity contribution is 6.83. The molecule has 0 bridgehead atoms. The number of allylic oxidation sites excluding steroid dienone is 2. The van der Waals surface area contributed by atoms with Crippen molar-refractivity contribution in [3.8, 4) is 67.5 Å². The van der Waals surface area contributed by atoms with Gasteiger partial charge in [-0.25, -0.2) is 15.0 Å². The molecule has 0 spiro atoms. The van der Waals surface area contributed by atoms with E-state index < -0.39 is 0 Å². The number of rotatable bonds is 5. The first kappa shape index (κ1) is 27.9. The standard InChI is InChI=1S/C43H29BN4/c1-4-12-30(13-5-1)36-23-25-40-38(29-36)37-28-35(22-24-39(37)44-26-10-11-27-48(40)44)31-18-20-34(21-19-31)43-46-41(32-14-6-2-7-15-32)45-42(47-43)33-16-8-3-9-17-33/h1-29H. The summed E-state index contributed by atoms with van der Waals surface area (Å²) >= 11 is 0. The summed E-state index contributed by atoms with van der Waals surface area (Å²) in [6, 6.07) is 53.1. The second kappa shape index (κ2) is 11.8. The topological polar surface area (TPSA) is 41.9 Å². The van der Waals surface area contributed by atoms with Crippen LogP contribution in [0.25, 0.3) is 67.5 Å². The molecule has 2 aliphatic heterocycles. The summed E-state index contributed by atoms with van der Waals surface area (Å²) in [6.45, 7) is 0.165. The Balaban J connectivity index is 1.11. The lowest BCUT2D eigenvalue weighted by Gasteiger charge is -2.36. The Bertz CT molecular complexity index is 2280. The number of benzene rings is 6. The minimum absolute atomic E-state index is 0.165. The fourth-order valence-corrected chi connectivity index (χ4v) is 6.74. The molecule has 0 radical (unpaired) electrons. The lowest BCUT2D eigenvalue weighted by molar-refractivity contribution is 1.07. The van der Waals surface area contributed by atoms with Crippen LogP contribution < -0.4 is 10.3 Å². The number of fused-ring (bicyclic) bond motifs is 6. The predicted octanol–water partition coefficient (Wildman–Crippen LogP) is 9.51. The average molecular weight is 613 g/mol. The van der Waals surface area contributed by atoms with E-state index in [4.69, 9.17) is 15.0 Å². The SMILES string of the molecule is C1=CB2c3ccc(-c4ccc(-c5nc(-c6ccccc6)nc(-c6ccccc6)n5)cc4)cc3-c3cc(-c4ccccc4)ccc3N2C=C1. The first-order valence-corrected chi connectivity index (χ1v) is 16.2. The molecule has 0 fully saturated rings. The van der Waals surface area contributed by atoms with Gasteiger partial charge in [0.15, 0.2) is 17.5 Å². The maximum Gasteiger partial charge on any atom is 0.320 e. The van der Waals surface area contributed by atoms with Crippen molar-refractivity contribution >= 4 is 18.0 Å². The van der Waals surface area contributed by atoms with E-state index in [9.17, 15) is 0 Å². The summed E-state index contributed by atoms with van der Waals surface area (Å²) in [5, 5.41) is 0. The molecule has 0 saturated heterocycles. The van der Waals surface area contributed by atoms with Crippen molar-refractivity contribution in [1.29, 1.82) is 0 Å². The van der Waals surface area contributed by atoms with Crippen LogP contribution in [-0.4, -0.2) is 21.8 Å². The lowest BCUT2D eigenvalue weighted by Crippen LogP contribution is -2.49. The molecule has 9 rings (SSSR count). The molecular formula is C43H29BN4. The molecule has 1 aromatic heterocycles. The number of nitrogens with zero attached hydrogens (tertiary/aromatic N) is 4. The largest absolute Gasteiger partial charge is 0.383 e. The average Bonchev–Trinajstić information content (AvgIpc) is 3.18. The second-order valence-electron chi connectivity index (χ2n) is 12.1. The summed E-state index contributed by atoms with van der Waals surface area (Å²) < 4.78 is 0. The maximum atomic E-state index is 4.92. The molecule has 48 heavy (non-hydrogen) atoms. The van der Waals surface area contributed by atoms with Crippen molar-refractivity contribution in [3.05, 3.63) is 176 Å². The first-order chi connectivity index (χ1) is 23.8. The van der Waals surface area contributed by atoms with E-state index >= 15 is 0 Å². The van der Waals surface area contributed by atoms with Gasteiger partial charge < -0.3 is 4.81 Å². The molecule has 6 aromatic carbocycles. The molecule has 7 aromatic rings. The minimum atomic E-state index is 0.165. The Morgan fingerprint density at radius 2 is 0.854 bits per heavy atom. The summed E-state index contributed by atoms with van der Waals surface area (Å²) in [4.78, 5) is 17.1. The predicted molar refractivity (Wildman–Crippen MR) is 199 cm³/mol. The van der Waals surface area contributed by atoms with Crippen molar-refractivity contribution in [1.82, 2.24) is 15.0 Å². The third kappa shape index (κ3) is 5.02. The van der Waals surface area contributed by atoms with Crippen LogP contribution in [0.2, 0.25) is 0 Å². The van der Waals surface area contributed by atoms with Crippen molar-refractivity contribution in [3.63, 3.8) is 0 Å². The number of hydrogen-bond donors (Lipinski definition) is 0. The molecule has 0 aliphatic carbocycles. The molecule has 5 heteroatoms. The van der Waals surface area contributed by atoms with Gasteiger partial charge in [0.25, 0.3) is 0 Å². The van der Waals surface area contributed by atoms with Crippen LogP contribution in [0.4, 0.5) is 5.69 Å². The monoisotopic (exact) mass is 612 g/mol. The smallest absolute Gasteiger partial charge is 0.320 e. The molecule has 0 amide bonds. The van der Waals surface area contributed by atoms with Gasteiger partial charge in [0.2, 0.25) is 0 Å². The molecule has 4 nitrogen and oxygen atoms in total. The zero-order valence-electron chi connectivity index (χ0n) is 26.1. The van der Waals surface area contributed by atoms with Crippen molar-refractivity contribution in [2.45, 2.75) is 0 Å². The van der Waals surface area contributed by atoms with E-state index in [1.807, 2.05) is 60.7 Å². The van der Waals surface area contributed by atoms with Gasteiger partial charge in [-0.05, 0) is 63.8 Å². The highest BCUT2D eigenvalue weighted by atomic mass is 15.1. The fraction of sp³-hybridized carbons (Fsp3) is 0. The van der Waals surface area contributed by atoms with Crippen molar-refractivity contribution < 1.29 is 0 Å². The van der Waals surface area contributed by atoms with Crippen LogP contribution in [0.5, 0.6) is 0 Å². The second-order valence-corrected chi connectivity index (χ2v) is 12.1. The molecule has 224 valence electrons. The molecule has 0 atom stereocenters. The summed E-state index contributed by atoms with van der Waals surface area (Å²) in [5.41, 5.74) is 12.6. The third-order valence-electron chi connectivity index (χ3n) is 9.17. The van der Waals surface area contributed by atoms with E-state index in [-0.39, 0.29) is 6.85 Å². The summed E-state index contributed by atoms with van der Waals surface area (Å²) in [6.07, 6.45) is 6.45. The van der Waals surface area contributed by atoms with Gasteiger partial charge in [0.1, 0.15) is 0 Å². The van der Waals surface area contributed by atoms with Crippen LogP contribution in [0, 0.1) is 0 Å². The first-order valence-electron chi connectivity index (χ1n) is 16.2. The minimum Gasteiger partial charge on any atom is -0.383 e. The molecule has 3 heterocycles. The lowest BCUT2D eigenvalue weighted by atomic mass is 9.49. The van der Waals surface area contributed by atoms with Gasteiger partial charge >= 0.3 is 6.85 Å². The maximum absolute atomic E-state index is 4.92. The van der Waals surface area contributed by atoms with E-state index in [1.54, 1.807) is 0 Å². The highest BCUT2D eigenvalue weighted by Gasteiger charge is 2.33. The van der Waals surface area contributed by atoms with Gasteiger partial charge in [-0.15, -0.1) is 0 Å². The van der Waals surface area contributed by atoms with Gasteiger partial charge in [0, 0.05) is 27.9 Å². The van der Waals surface area contributed by atoms with Crippen LogP contribution in [0.1, 0.15) is 0 Å². The van der Waals surface area contributed by atoms with E-state index in [0.717, 1.165) is 22.3 Å². The molecular weight excluding hydrogens is 583 g/mol. The van der Waals surface area contributed by atoms with Crippen LogP contribution in [0.3, 0.4) is 0 Å². The van der Waals surface area contributed by atoms with E-state index in [0.29, 0.717) is 17.5 Å². The fourth-order valence-electron chi connectivity index (χ4n) is 6.74. The molecule has 0 unspecified atom stereocenters. The highest BCUT2D eigenvalue weighted by Crippen LogP contribution is 2.40. The Morgan fingerprint density at radius 3 is 1.46 bits per heavy atom. The number of aromatic nitrogens is 3. The Kier molecular flexibility index (Phi) is 6.87. The third-order valence-corrected chi connectivity index (χ3v) is 9.17. The van der Waals surface area contributed by atoms with Crippen molar-refractivity contribution in [2.24, 2.45) is 0 Å². The number of hydrogen-bond acceptors (Lipinski definition) is 4. The van der Waals surface area contributed by atoms with E-state index in [2.05, 4.69) is 120 Å². The van der Waals surface area contributed by atoms with Crippen molar-refractivity contribution in [2.75, 3.05) is 4.81 Å². The molecule has 2 aliphatic rings. The summed E-state index contributed by atoms with van der Waals surface area (Å²) in [5.74, 6) is 4.25.